The molecule has 0 aliphatic heterocycles. The number of nitrogens with one attached hydrogen (secondary N) is 1. The third kappa shape index (κ3) is 0.792. The highest BCUT2D eigenvalue weighted by molar-refractivity contribution is 5.77. The second kappa shape index (κ2) is 2.23. The lowest BCUT2D eigenvalue weighted by atomic mass is 10.1. The smallest absolute Gasteiger partial charge is 0.311 e. The van der Waals surface area contributed by atoms with E-state index >= 15 is 0 Å². The van der Waals surface area contributed by atoms with Crippen molar-refractivity contribution in [1.82, 2.24) is 5.16 Å². The molecule has 1 heterocycles. The van der Waals surface area contributed by atoms with Crippen LogP contribution in [-0.4, -0.2) is 16.2 Å². The van der Waals surface area contributed by atoms with Crippen LogP contribution in [0.2, 0.25) is 0 Å². The Morgan fingerprint density at radius 3 is 3.08 bits per heavy atom. The lowest BCUT2D eigenvalue weighted by Gasteiger charge is -1.98. The molecule has 0 amide bonds. The van der Waals surface area contributed by atoms with Crippen molar-refractivity contribution in [2.75, 3.05) is 0 Å². The SMILES string of the molecule is O=C(O)C1CCc2o[nH]c(=O)c21. The van der Waals surface area contributed by atoms with E-state index in [1.807, 2.05) is 0 Å². The number of carbonyl (C=O) groups is 1. The van der Waals surface area contributed by atoms with Gasteiger partial charge in [-0.25, -0.2) is 0 Å². The van der Waals surface area contributed by atoms with Crippen molar-refractivity contribution < 1.29 is 14.4 Å². The van der Waals surface area contributed by atoms with Gasteiger partial charge >= 0.3 is 5.97 Å². The van der Waals surface area contributed by atoms with E-state index in [0.29, 0.717) is 24.2 Å². The first-order valence-electron chi connectivity index (χ1n) is 3.63. The number of aromatic nitrogens is 1. The Balaban J connectivity index is 2.53. The van der Waals surface area contributed by atoms with Gasteiger partial charge in [-0.3, -0.25) is 9.59 Å². The van der Waals surface area contributed by atoms with E-state index in [-0.39, 0.29) is 0 Å². The Bertz CT molecular complexity index is 375. The van der Waals surface area contributed by atoms with Gasteiger partial charge < -0.3 is 9.63 Å². The molecule has 0 bridgehead atoms. The zero-order valence-electron chi connectivity index (χ0n) is 6.16. The van der Waals surface area contributed by atoms with Crippen LogP contribution in [0.3, 0.4) is 0 Å². The second-order valence-electron chi connectivity index (χ2n) is 2.80. The predicted octanol–water partition coefficient (Wildman–Crippen LogP) is 0.0823. The van der Waals surface area contributed by atoms with Crippen molar-refractivity contribution in [2.24, 2.45) is 0 Å². The Morgan fingerprint density at radius 1 is 1.67 bits per heavy atom. The van der Waals surface area contributed by atoms with Crippen molar-refractivity contribution in [1.29, 1.82) is 0 Å². The molecule has 1 aromatic heterocycles. The highest BCUT2D eigenvalue weighted by Gasteiger charge is 2.34. The summed E-state index contributed by atoms with van der Waals surface area (Å²) in [7, 11) is 0. The number of hydrogen-bond donors (Lipinski definition) is 2. The number of hydrogen-bond acceptors (Lipinski definition) is 3. The summed E-state index contributed by atoms with van der Waals surface area (Å²) in [5.74, 6) is -1.14. The van der Waals surface area contributed by atoms with Gasteiger partial charge in [-0.15, -0.1) is 0 Å². The topological polar surface area (TPSA) is 83.3 Å². The van der Waals surface area contributed by atoms with E-state index in [2.05, 4.69) is 5.16 Å². The van der Waals surface area contributed by atoms with Gasteiger partial charge in [-0.2, -0.15) is 5.16 Å². The molecule has 1 atom stereocenters. The summed E-state index contributed by atoms with van der Waals surface area (Å²) in [6.07, 6.45) is 0.998. The highest BCUT2D eigenvalue weighted by Crippen LogP contribution is 2.30. The summed E-state index contributed by atoms with van der Waals surface area (Å²) in [6.45, 7) is 0. The molecular formula is C7H7NO4. The second-order valence-corrected chi connectivity index (χ2v) is 2.80. The zero-order valence-corrected chi connectivity index (χ0v) is 6.16. The van der Waals surface area contributed by atoms with E-state index in [4.69, 9.17) is 9.63 Å². The van der Waals surface area contributed by atoms with Gasteiger partial charge in [0, 0.05) is 6.42 Å². The summed E-state index contributed by atoms with van der Waals surface area (Å²) in [6, 6.07) is 0. The first-order valence-corrected chi connectivity index (χ1v) is 3.63. The summed E-state index contributed by atoms with van der Waals surface area (Å²) < 4.78 is 4.79. The van der Waals surface area contributed by atoms with Crippen LogP contribution in [0.15, 0.2) is 9.32 Å². The van der Waals surface area contributed by atoms with Gasteiger partial charge in [0.2, 0.25) is 0 Å². The van der Waals surface area contributed by atoms with Gasteiger partial charge in [-0.1, -0.05) is 0 Å². The molecule has 0 fully saturated rings. The summed E-state index contributed by atoms with van der Waals surface area (Å²) in [5, 5.41) is 10.8. The fourth-order valence-electron chi connectivity index (χ4n) is 1.55. The van der Waals surface area contributed by atoms with Crippen LogP contribution in [0, 0.1) is 0 Å². The highest BCUT2D eigenvalue weighted by atomic mass is 16.5. The molecule has 2 rings (SSSR count). The van der Waals surface area contributed by atoms with Crippen LogP contribution in [0.5, 0.6) is 0 Å². The van der Waals surface area contributed by atoms with Crippen molar-refractivity contribution in [3.05, 3.63) is 21.7 Å². The number of carboxylic acid groups (broad SMARTS) is 1. The van der Waals surface area contributed by atoms with Crippen LogP contribution < -0.4 is 5.56 Å². The van der Waals surface area contributed by atoms with Crippen LogP contribution >= 0.6 is 0 Å². The number of aromatic amines is 1. The summed E-state index contributed by atoms with van der Waals surface area (Å²) in [4.78, 5) is 21.6. The van der Waals surface area contributed by atoms with E-state index in [0.717, 1.165) is 0 Å². The molecule has 5 heteroatoms. The molecule has 1 aliphatic rings. The molecule has 1 unspecified atom stereocenters. The molecule has 64 valence electrons. The number of aryl methyl sites for hydroxylation is 1. The predicted molar refractivity (Wildman–Crippen MR) is 38.0 cm³/mol. The fraction of sp³-hybridized carbons (Fsp3) is 0.429. The van der Waals surface area contributed by atoms with Gasteiger partial charge in [0.05, 0.1) is 11.5 Å². The Kier molecular flexibility index (Phi) is 1.33. The molecule has 5 nitrogen and oxygen atoms in total. The zero-order chi connectivity index (χ0) is 8.72. The van der Waals surface area contributed by atoms with E-state index in [1.54, 1.807) is 0 Å². The van der Waals surface area contributed by atoms with Gasteiger partial charge in [-0.05, 0) is 6.42 Å². The van der Waals surface area contributed by atoms with E-state index in [9.17, 15) is 9.59 Å². The third-order valence-electron chi connectivity index (χ3n) is 2.12. The van der Waals surface area contributed by atoms with Crippen LogP contribution in [0.25, 0.3) is 0 Å². The minimum Gasteiger partial charge on any atom is -0.481 e. The van der Waals surface area contributed by atoms with Crippen LogP contribution in [0.4, 0.5) is 0 Å². The van der Waals surface area contributed by atoms with Gasteiger partial charge in [0.15, 0.2) is 0 Å². The molecule has 0 radical (unpaired) electrons. The average Bonchev–Trinajstić information content (AvgIpc) is 2.53. The fourth-order valence-corrected chi connectivity index (χ4v) is 1.55. The number of carboxylic acids is 1. The quantitative estimate of drug-likeness (QED) is 0.623. The number of rotatable bonds is 1. The lowest BCUT2D eigenvalue weighted by Crippen LogP contribution is -2.15. The molecule has 1 aliphatic carbocycles. The molecule has 1 aromatic rings. The normalized spacial score (nSPS) is 20.8. The van der Waals surface area contributed by atoms with Crippen molar-refractivity contribution in [3.63, 3.8) is 0 Å². The van der Waals surface area contributed by atoms with Crippen LogP contribution in [-0.2, 0) is 11.2 Å². The summed E-state index contributed by atoms with van der Waals surface area (Å²) >= 11 is 0. The van der Waals surface area contributed by atoms with Crippen molar-refractivity contribution >= 4 is 5.97 Å². The average molecular weight is 169 g/mol. The van der Waals surface area contributed by atoms with Crippen molar-refractivity contribution in [2.45, 2.75) is 18.8 Å². The minimum absolute atomic E-state index is 0.294. The molecule has 0 saturated carbocycles. The monoisotopic (exact) mass is 169 g/mol. The molecule has 2 N–H and O–H groups in total. The van der Waals surface area contributed by atoms with Gasteiger partial charge in [0.1, 0.15) is 5.76 Å². The Hall–Kier alpha value is -1.52. The maximum absolute atomic E-state index is 11.0. The number of H-pyrrole nitrogens is 1. The lowest BCUT2D eigenvalue weighted by molar-refractivity contribution is -0.138. The minimum atomic E-state index is -0.958. The van der Waals surface area contributed by atoms with E-state index < -0.39 is 17.4 Å². The molecule has 0 saturated heterocycles. The molecular weight excluding hydrogens is 162 g/mol. The molecule has 0 spiro atoms. The first kappa shape index (κ1) is 7.15. The third-order valence-corrected chi connectivity index (χ3v) is 2.12. The van der Waals surface area contributed by atoms with E-state index in [1.165, 1.54) is 0 Å². The Labute approximate surface area is 67.0 Å². The number of fused-ring (bicyclic) bond motifs is 1. The molecule has 12 heavy (non-hydrogen) atoms. The largest absolute Gasteiger partial charge is 0.481 e. The van der Waals surface area contributed by atoms with Crippen molar-refractivity contribution in [3.8, 4) is 0 Å². The Morgan fingerprint density at radius 2 is 2.42 bits per heavy atom. The van der Waals surface area contributed by atoms with Gasteiger partial charge in [0.25, 0.3) is 5.56 Å². The standard InChI is InChI=1S/C7H7NO4/c9-6-5-3(7(10)11)1-2-4(5)12-8-6/h3H,1-2H2,(H,8,9)(H,10,11). The van der Waals surface area contributed by atoms with Crippen LogP contribution in [0.1, 0.15) is 23.7 Å². The first-order chi connectivity index (χ1) is 5.70. The summed E-state index contributed by atoms with van der Waals surface area (Å²) in [5.41, 5.74) is -0.114. The molecule has 0 aromatic carbocycles. The number of aliphatic carboxylic acids is 1. The maximum atomic E-state index is 11.0. The maximum Gasteiger partial charge on any atom is 0.311 e.